The van der Waals surface area contributed by atoms with Gasteiger partial charge < -0.3 is 15.3 Å². The van der Waals surface area contributed by atoms with Crippen molar-refractivity contribution in [2.24, 2.45) is 0 Å². The summed E-state index contributed by atoms with van der Waals surface area (Å²) in [5.41, 5.74) is 2.73. The highest BCUT2D eigenvalue weighted by Gasteiger charge is 2.17. The van der Waals surface area contributed by atoms with Crippen LogP contribution in [-0.2, 0) is 0 Å². The number of nitrogens with one attached hydrogen (secondary N) is 1. The van der Waals surface area contributed by atoms with E-state index in [2.05, 4.69) is 31.0 Å². The van der Waals surface area contributed by atoms with Gasteiger partial charge in [-0.2, -0.15) is 0 Å². The zero-order valence-electron chi connectivity index (χ0n) is 13.7. The second-order valence-electron chi connectivity index (χ2n) is 5.49. The smallest absolute Gasteiger partial charge is 0.126 e. The Hall–Kier alpha value is -1.13. The van der Waals surface area contributed by atoms with Crippen LogP contribution in [0, 0.1) is 12.7 Å². The molecule has 0 amide bonds. The lowest BCUT2D eigenvalue weighted by Crippen LogP contribution is -2.28. The summed E-state index contributed by atoms with van der Waals surface area (Å²) < 4.78 is 14.0. The van der Waals surface area contributed by atoms with Crippen LogP contribution in [0.4, 0.5) is 10.1 Å². The molecule has 0 aliphatic heterocycles. The summed E-state index contributed by atoms with van der Waals surface area (Å²) in [5, 5.41) is 12.5. The maximum atomic E-state index is 14.0. The molecule has 0 radical (unpaired) electrons. The molecule has 0 bridgehead atoms. The molecule has 1 aromatic carbocycles. The first-order chi connectivity index (χ1) is 10.0. The Bertz CT molecular complexity index is 437. The van der Waals surface area contributed by atoms with Crippen molar-refractivity contribution >= 4 is 5.69 Å². The predicted molar refractivity (Wildman–Crippen MR) is 87.4 cm³/mol. The predicted octanol–water partition coefficient (Wildman–Crippen LogP) is 3.40. The first kappa shape index (κ1) is 17.9. The molecule has 0 aromatic heterocycles. The Morgan fingerprint density at radius 3 is 2.62 bits per heavy atom. The molecule has 4 heteroatoms. The van der Waals surface area contributed by atoms with Gasteiger partial charge in [0.2, 0.25) is 0 Å². The molecule has 0 saturated carbocycles. The summed E-state index contributed by atoms with van der Waals surface area (Å²) in [5.74, 6) is -0.155. The maximum Gasteiger partial charge on any atom is 0.126 e. The molecular formula is C17H29FN2O. The van der Waals surface area contributed by atoms with Crippen LogP contribution < -0.4 is 10.2 Å². The minimum absolute atomic E-state index is 0.109. The second kappa shape index (κ2) is 9.00. The van der Waals surface area contributed by atoms with Gasteiger partial charge in [-0.3, -0.25) is 0 Å². The molecule has 0 saturated heterocycles. The van der Waals surface area contributed by atoms with E-state index in [4.69, 9.17) is 5.11 Å². The molecule has 1 aromatic rings. The second-order valence-corrected chi connectivity index (χ2v) is 5.49. The van der Waals surface area contributed by atoms with Gasteiger partial charge in [-0.25, -0.2) is 4.39 Å². The standard InChI is InChI=1S/C17H29FN2O/c1-5-8-19-14(4)15-12-16(18)13(3)11-17(15)20(6-2)9-7-10-21/h11-12,14,19,21H,5-10H2,1-4H3. The lowest BCUT2D eigenvalue weighted by Gasteiger charge is -2.28. The summed E-state index contributed by atoms with van der Waals surface area (Å²) >= 11 is 0. The van der Waals surface area contributed by atoms with E-state index >= 15 is 0 Å². The number of aliphatic hydroxyl groups excluding tert-OH is 1. The molecule has 0 aliphatic carbocycles. The molecule has 21 heavy (non-hydrogen) atoms. The van der Waals surface area contributed by atoms with Gasteiger partial charge in [0.05, 0.1) is 0 Å². The van der Waals surface area contributed by atoms with Gasteiger partial charge in [0, 0.05) is 31.4 Å². The van der Waals surface area contributed by atoms with E-state index in [1.165, 1.54) is 0 Å². The number of hydrogen-bond donors (Lipinski definition) is 2. The highest BCUT2D eigenvalue weighted by Crippen LogP contribution is 2.29. The third-order valence-electron chi connectivity index (χ3n) is 3.78. The molecular weight excluding hydrogens is 267 g/mol. The van der Waals surface area contributed by atoms with Crippen molar-refractivity contribution in [3.63, 3.8) is 0 Å². The number of nitrogens with zero attached hydrogens (tertiary/aromatic N) is 1. The Morgan fingerprint density at radius 1 is 1.33 bits per heavy atom. The number of benzene rings is 1. The van der Waals surface area contributed by atoms with Crippen molar-refractivity contribution < 1.29 is 9.50 Å². The van der Waals surface area contributed by atoms with Crippen molar-refractivity contribution in [2.45, 2.75) is 46.6 Å². The quantitative estimate of drug-likeness (QED) is 0.733. The first-order valence-electron chi connectivity index (χ1n) is 7.94. The zero-order valence-corrected chi connectivity index (χ0v) is 13.7. The average Bonchev–Trinajstić information content (AvgIpc) is 2.48. The number of rotatable bonds is 9. The lowest BCUT2D eigenvalue weighted by atomic mass is 10.0. The molecule has 1 rings (SSSR count). The zero-order chi connectivity index (χ0) is 15.8. The Morgan fingerprint density at radius 2 is 2.05 bits per heavy atom. The molecule has 0 aliphatic rings. The molecule has 1 unspecified atom stereocenters. The number of aryl methyl sites for hydroxylation is 1. The SMILES string of the molecule is CCCNC(C)c1cc(F)c(C)cc1N(CC)CCCO. The van der Waals surface area contributed by atoms with Gasteiger partial charge in [-0.15, -0.1) is 0 Å². The van der Waals surface area contributed by atoms with Crippen molar-refractivity contribution in [2.75, 3.05) is 31.1 Å². The molecule has 0 heterocycles. The van der Waals surface area contributed by atoms with Gasteiger partial charge >= 0.3 is 0 Å². The van der Waals surface area contributed by atoms with Gasteiger partial charge in [0.15, 0.2) is 0 Å². The van der Waals surface area contributed by atoms with Crippen LogP contribution in [0.3, 0.4) is 0 Å². The third kappa shape index (κ3) is 4.97. The largest absolute Gasteiger partial charge is 0.396 e. The number of anilines is 1. The monoisotopic (exact) mass is 296 g/mol. The van der Waals surface area contributed by atoms with E-state index in [1.54, 1.807) is 13.0 Å². The van der Waals surface area contributed by atoms with Crippen LogP contribution in [-0.4, -0.2) is 31.3 Å². The molecule has 3 nitrogen and oxygen atoms in total. The number of aliphatic hydroxyl groups is 1. The molecule has 0 spiro atoms. The van der Waals surface area contributed by atoms with E-state index in [0.717, 1.165) is 43.7 Å². The number of halogens is 1. The normalized spacial score (nSPS) is 12.5. The molecule has 0 fully saturated rings. The van der Waals surface area contributed by atoms with Crippen LogP contribution in [0.25, 0.3) is 0 Å². The summed E-state index contributed by atoms with van der Waals surface area (Å²) in [6, 6.07) is 3.69. The summed E-state index contributed by atoms with van der Waals surface area (Å²) in [6.45, 7) is 10.8. The Kier molecular flexibility index (Phi) is 7.68. The Balaban J connectivity index is 3.11. The van der Waals surface area contributed by atoms with E-state index in [9.17, 15) is 4.39 Å². The van der Waals surface area contributed by atoms with Crippen LogP contribution >= 0.6 is 0 Å². The third-order valence-corrected chi connectivity index (χ3v) is 3.78. The summed E-state index contributed by atoms with van der Waals surface area (Å²) in [7, 11) is 0. The van der Waals surface area contributed by atoms with Crippen LogP contribution in [0.1, 0.15) is 50.8 Å². The highest BCUT2D eigenvalue weighted by atomic mass is 19.1. The molecule has 2 N–H and O–H groups in total. The van der Waals surface area contributed by atoms with Crippen molar-refractivity contribution in [1.82, 2.24) is 5.32 Å². The van der Waals surface area contributed by atoms with Gasteiger partial charge in [0.1, 0.15) is 5.82 Å². The van der Waals surface area contributed by atoms with Crippen LogP contribution in [0.5, 0.6) is 0 Å². The maximum absolute atomic E-state index is 14.0. The number of hydrogen-bond acceptors (Lipinski definition) is 3. The van der Waals surface area contributed by atoms with E-state index < -0.39 is 0 Å². The minimum Gasteiger partial charge on any atom is -0.396 e. The average molecular weight is 296 g/mol. The van der Waals surface area contributed by atoms with E-state index in [-0.39, 0.29) is 18.5 Å². The summed E-state index contributed by atoms with van der Waals surface area (Å²) in [4.78, 5) is 2.21. The van der Waals surface area contributed by atoms with Crippen LogP contribution in [0.2, 0.25) is 0 Å². The minimum atomic E-state index is -0.155. The van der Waals surface area contributed by atoms with Gasteiger partial charge in [-0.05, 0) is 63.4 Å². The molecule has 120 valence electrons. The summed E-state index contributed by atoms with van der Waals surface area (Å²) in [6.07, 6.45) is 1.77. The van der Waals surface area contributed by atoms with E-state index in [1.807, 2.05) is 6.07 Å². The Labute approximate surface area is 128 Å². The van der Waals surface area contributed by atoms with Crippen LogP contribution in [0.15, 0.2) is 12.1 Å². The van der Waals surface area contributed by atoms with Crippen molar-refractivity contribution in [1.29, 1.82) is 0 Å². The highest BCUT2D eigenvalue weighted by molar-refractivity contribution is 5.57. The fourth-order valence-electron chi connectivity index (χ4n) is 2.48. The van der Waals surface area contributed by atoms with Crippen molar-refractivity contribution in [3.05, 3.63) is 29.1 Å². The fraction of sp³-hybridized carbons (Fsp3) is 0.647. The first-order valence-corrected chi connectivity index (χ1v) is 7.94. The van der Waals surface area contributed by atoms with Gasteiger partial charge in [0.25, 0.3) is 0 Å². The molecule has 1 atom stereocenters. The van der Waals surface area contributed by atoms with Gasteiger partial charge in [-0.1, -0.05) is 6.92 Å². The topological polar surface area (TPSA) is 35.5 Å². The lowest BCUT2D eigenvalue weighted by molar-refractivity contribution is 0.289. The van der Waals surface area contributed by atoms with E-state index in [0.29, 0.717) is 5.56 Å². The fourth-order valence-corrected chi connectivity index (χ4v) is 2.48. The van der Waals surface area contributed by atoms with Crippen molar-refractivity contribution in [3.8, 4) is 0 Å².